The predicted octanol–water partition coefficient (Wildman–Crippen LogP) is 2.21. The van der Waals surface area contributed by atoms with Gasteiger partial charge in [0.2, 0.25) is 0 Å². The Labute approximate surface area is 155 Å². The maximum Gasteiger partial charge on any atom is 0.312 e. The van der Waals surface area contributed by atoms with Crippen molar-refractivity contribution in [2.24, 2.45) is 0 Å². The molecule has 0 unspecified atom stereocenters. The summed E-state index contributed by atoms with van der Waals surface area (Å²) in [7, 11) is 0. The number of hydrogen-bond acceptors (Lipinski definition) is 5. The van der Waals surface area contributed by atoms with E-state index in [2.05, 4.69) is 15.5 Å². The van der Waals surface area contributed by atoms with Crippen molar-refractivity contribution in [1.82, 2.24) is 10.2 Å². The van der Waals surface area contributed by atoms with Gasteiger partial charge in [-0.3, -0.25) is 14.4 Å². The minimum atomic E-state index is -0.598. The van der Waals surface area contributed by atoms with E-state index in [0.29, 0.717) is 22.2 Å². The van der Waals surface area contributed by atoms with Gasteiger partial charge in [0.25, 0.3) is 11.5 Å². The molecule has 1 amide bonds. The predicted molar refractivity (Wildman–Crippen MR) is 101 cm³/mol. The molecule has 0 radical (unpaired) electrons. The normalized spacial score (nSPS) is 10.6. The van der Waals surface area contributed by atoms with E-state index in [1.165, 1.54) is 0 Å². The maximum atomic E-state index is 12.1. The zero-order valence-electron chi connectivity index (χ0n) is 14.8. The number of nitrogens with one attached hydrogen (secondary N) is 2. The first-order valence-electron chi connectivity index (χ1n) is 8.58. The first kappa shape index (κ1) is 18.3. The van der Waals surface area contributed by atoms with E-state index < -0.39 is 18.5 Å². The molecule has 0 atom stereocenters. The number of ether oxygens (including phenoxy) is 1. The molecule has 27 heavy (non-hydrogen) atoms. The van der Waals surface area contributed by atoms with Gasteiger partial charge in [0.1, 0.15) is 0 Å². The Bertz CT molecular complexity index is 1040. The molecule has 7 heteroatoms. The van der Waals surface area contributed by atoms with Gasteiger partial charge in [0, 0.05) is 11.1 Å². The van der Waals surface area contributed by atoms with E-state index >= 15 is 0 Å². The summed E-state index contributed by atoms with van der Waals surface area (Å²) in [6.45, 7) is 1.60. The lowest BCUT2D eigenvalue weighted by molar-refractivity contribution is -0.146. The van der Waals surface area contributed by atoms with Gasteiger partial charge in [-0.1, -0.05) is 43.3 Å². The molecule has 0 spiro atoms. The molecule has 138 valence electrons. The van der Waals surface area contributed by atoms with Gasteiger partial charge in [0.05, 0.1) is 17.5 Å². The monoisotopic (exact) mass is 365 g/mol. The summed E-state index contributed by atoms with van der Waals surface area (Å²) >= 11 is 0. The fraction of sp³-hybridized carbons (Fsp3) is 0.200. The van der Waals surface area contributed by atoms with Crippen molar-refractivity contribution in [2.45, 2.75) is 19.8 Å². The molecule has 1 heterocycles. The number of carbonyl (C=O) groups excluding carboxylic acids is 2. The topological polar surface area (TPSA) is 101 Å². The molecule has 0 aliphatic rings. The van der Waals surface area contributed by atoms with Crippen molar-refractivity contribution in [1.29, 1.82) is 0 Å². The Morgan fingerprint density at radius 3 is 2.56 bits per heavy atom. The fourth-order valence-electron chi connectivity index (χ4n) is 2.78. The van der Waals surface area contributed by atoms with Crippen LogP contribution in [-0.4, -0.2) is 28.7 Å². The Balaban J connectivity index is 1.61. The molecule has 0 aliphatic heterocycles. The number of esters is 1. The van der Waals surface area contributed by atoms with Crippen LogP contribution in [0.2, 0.25) is 0 Å². The average molecular weight is 365 g/mol. The van der Waals surface area contributed by atoms with Crippen LogP contribution in [0.25, 0.3) is 10.8 Å². The number of aromatic nitrogens is 2. The van der Waals surface area contributed by atoms with Crippen LogP contribution in [0.5, 0.6) is 0 Å². The third-order valence-corrected chi connectivity index (χ3v) is 4.12. The standard InChI is InChI=1S/C20H19N3O4/c1-2-13-7-3-6-10-16(13)21-18(24)12-27-19(25)11-17-14-8-4-5-9-15(14)20(26)23-22-17/h3-10H,2,11-12H2,1H3,(H,21,24)(H,23,26). The lowest BCUT2D eigenvalue weighted by Crippen LogP contribution is -2.23. The summed E-state index contributed by atoms with van der Waals surface area (Å²) in [4.78, 5) is 35.9. The summed E-state index contributed by atoms with van der Waals surface area (Å²) in [6.07, 6.45) is 0.636. The van der Waals surface area contributed by atoms with E-state index in [1.54, 1.807) is 30.3 Å². The second-order valence-electron chi connectivity index (χ2n) is 5.94. The zero-order chi connectivity index (χ0) is 19.2. The smallest absolute Gasteiger partial charge is 0.312 e. The Morgan fingerprint density at radius 2 is 1.78 bits per heavy atom. The van der Waals surface area contributed by atoms with E-state index in [1.807, 2.05) is 25.1 Å². The molecule has 2 N–H and O–H groups in total. The Morgan fingerprint density at radius 1 is 1.07 bits per heavy atom. The number of aromatic amines is 1. The SMILES string of the molecule is CCc1ccccc1NC(=O)COC(=O)Cc1n[nH]c(=O)c2ccccc12. The van der Waals surface area contributed by atoms with E-state index in [-0.39, 0.29) is 12.0 Å². The highest BCUT2D eigenvalue weighted by Crippen LogP contribution is 2.15. The van der Waals surface area contributed by atoms with Crippen molar-refractivity contribution in [3.63, 3.8) is 0 Å². The third-order valence-electron chi connectivity index (χ3n) is 4.12. The number of fused-ring (bicyclic) bond motifs is 1. The van der Waals surface area contributed by atoms with Crippen molar-refractivity contribution >= 4 is 28.3 Å². The zero-order valence-corrected chi connectivity index (χ0v) is 14.8. The van der Waals surface area contributed by atoms with Gasteiger partial charge in [-0.05, 0) is 24.1 Å². The number of anilines is 1. The average Bonchev–Trinajstić information content (AvgIpc) is 2.69. The number of aryl methyl sites for hydroxylation is 1. The number of amides is 1. The van der Waals surface area contributed by atoms with Gasteiger partial charge in [-0.25, -0.2) is 5.10 Å². The number of rotatable bonds is 6. The van der Waals surface area contributed by atoms with Crippen LogP contribution < -0.4 is 10.9 Å². The summed E-state index contributed by atoms with van der Waals surface area (Å²) in [5.41, 5.74) is 1.78. The Kier molecular flexibility index (Phi) is 5.61. The molecular formula is C20H19N3O4. The first-order chi connectivity index (χ1) is 13.1. The van der Waals surface area contributed by atoms with Crippen LogP contribution in [0, 0.1) is 0 Å². The molecule has 2 aromatic carbocycles. The highest BCUT2D eigenvalue weighted by Gasteiger charge is 2.14. The molecule has 0 saturated heterocycles. The molecular weight excluding hydrogens is 346 g/mol. The summed E-state index contributed by atoms with van der Waals surface area (Å²) in [5, 5.41) is 10.1. The van der Waals surface area contributed by atoms with Crippen LogP contribution in [0.4, 0.5) is 5.69 Å². The van der Waals surface area contributed by atoms with Crippen molar-refractivity contribution in [3.8, 4) is 0 Å². The summed E-state index contributed by atoms with van der Waals surface area (Å²) < 4.78 is 5.05. The van der Waals surface area contributed by atoms with Gasteiger partial charge < -0.3 is 10.1 Å². The van der Waals surface area contributed by atoms with Crippen molar-refractivity contribution in [2.75, 3.05) is 11.9 Å². The minimum absolute atomic E-state index is 0.143. The van der Waals surface area contributed by atoms with Gasteiger partial charge in [0.15, 0.2) is 6.61 Å². The molecule has 0 saturated carbocycles. The molecule has 3 aromatic rings. The molecule has 3 rings (SSSR count). The summed E-state index contributed by atoms with van der Waals surface area (Å²) in [5.74, 6) is -1.01. The lowest BCUT2D eigenvalue weighted by Gasteiger charge is -2.10. The first-order valence-corrected chi connectivity index (χ1v) is 8.58. The van der Waals surface area contributed by atoms with E-state index in [9.17, 15) is 14.4 Å². The van der Waals surface area contributed by atoms with Crippen LogP contribution in [0.15, 0.2) is 53.3 Å². The second-order valence-corrected chi connectivity index (χ2v) is 5.94. The number of para-hydroxylation sites is 1. The van der Waals surface area contributed by atoms with Crippen LogP contribution >= 0.6 is 0 Å². The molecule has 0 fully saturated rings. The maximum absolute atomic E-state index is 12.1. The third kappa shape index (κ3) is 4.38. The summed E-state index contributed by atoms with van der Waals surface area (Å²) in [6, 6.07) is 14.3. The number of hydrogen-bond donors (Lipinski definition) is 2. The van der Waals surface area contributed by atoms with E-state index in [4.69, 9.17) is 4.74 Å². The van der Waals surface area contributed by atoms with Crippen LogP contribution in [0.1, 0.15) is 18.2 Å². The number of benzene rings is 2. The lowest BCUT2D eigenvalue weighted by atomic mass is 10.1. The largest absolute Gasteiger partial charge is 0.455 e. The number of carbonyl (C=O) groups is 2. The number of H-pyrrole nitrogens is 1. The number of nitrogens with zero attached hydrogens (tertiary/aromatic N) is 1. The molecule has 0 aliphatic carbocycles. The fourth-order valence-corrected chi connectivity index (χ4v) is 2.78. The highest BCUT2D eigenvalue weighted by atomic mass is 16.5. The van der Waals surface area contributed by atoms with Gasteiger partial charge in [-0.15, -0.1) is 0 Å². The van der Waals surface area contributed by atoms with Crippen molar-refractivity contribution < 1.29 is 14.3 Å². The van der Waals surface area contributed by atoms with Crippen LogP contribution in [-0.2, 0) is 27.2 Å². The van der Waals surface area contributed by atoms with Gasteiger partial charge in [-0.2, -0.15) is 5.10 Å². The van der Waals surface area contributed by atoms with Crippen molar-refractivity contribution in [3.05, 3.63) is 70.1 Å². The quantitative estimate of drug-likeness (QED) is 0.652. The van der Waals surface area contributed by atoms with Crippen LogP contribution in [0.3, 0.4) is 0 Å². The van der Waals surface area contributed by atoms with Gasteiger partial charge >= 0.3 is 5.97 Å². The molecule has 1 aromatic heterocycles. The Hall–Kier alpha value is -3.48. The second kappa shape index (κ2) is 8.27. The van der Waals surface area contributed by atoms with E-state index in [0.717, 1.165) is 12.0 Å². The molecule has 7 nitrogen and oxygen atoms in total. The minimum Gasteiger partial charge on any atom is -0.455 e. The highest BCUT2D eigenvalue weighted by molar-refractivity contribution is 5.94. The molecule has 0 bridgehead atoms.